The van der Waals surface area contributed by atoms with Gasteiger partial charge in [0, 0.05) is 43.9 Å². The molecule has 232 valence electrons. The molecule has 6 rings (SSSR count). The molecular weight excluding hydrogens is 587 g/mol. The molecule has 14 heteroatoms. The number of amides is 2. The molecule has 0 radical (unpaired) electrons. The lowest BCUT2D eigenvalue weighted by atomic mass is 9.98. The highest BCUT2D eigenvalue weighted by molar-refractivity contribution is 6.35. The number of anilines is 4. The summed E-state index contributed by atoms with van der Waals surface area (Å²) in [7, 11) is 2.08. The highest BCUT2D eigenvalue weighted by Crippen LogP contribution is 2.35. The quantitative estimate of drug-likeness (QED) is 0.308. The number of amidine groups is 1. The van der Waals surface area contributed by atoms with Crippen LogP contribution in [-0.4, -0.2) is 73.9 Å². The summed E-state index contributed by atoms with van der Waals surface area (Å²) in [6, 6.07) is 7.01. The summed E-state index contributed by atoms with van der Waals surface area (Å²) in [6.45, 7) is 6.42. The summed E-state index contributed by atoms with van der Waals surface area (Å²) >= 11 is 6.39. The average Bonchev–Trinajstić information content (AvgIpc) is 3.48. The van der Waals surface area contributed by atoms with E-state index in [4.69, 9.17) is 17.3 Å². The van der Waals surface area contributed by atoms with Gasteiger partial charge in [0.15, 0.2) is 11.7 Å². The van der Waals surface area contributed by atoms with Gasteiger partial charge in [-0.2, -0.15) is 0 Å². The number of hydrazine groups is 2. The third-order valence-corrected chi connectivity index (χ3v) is 8.89. The number of rotatable bonds is 6. The van der Waals surface area contributed by atoms with Gasteiger partial charge in [0.1, 0.15) is 5.70 Å². The van der Waals surface area contributed by atoms with Crippen LogP contribution in [-0.2, 0) is 4.79 Å². The van der Waals surface area contributed by atoms with E-state index in [1.807, 2.05) is 30.4 Å². The molecule has 2 aromatic rings. The van der Waals surface area contributed by atoms with E-state index >= 15 is 0 Å². The number of nitrogens with one attached hydrogen (secondary N) is 4. The molecule has 12 nitrogen and oxygen atoms in total. The monoisotopic (exact) mass is 622 g/mol. The molecule has 0 unspecified atom stereocenters. The van der Waals surface area contributed by atoms with Gasteiger partial charge in [0.05, 0.1) is 33.3 Å². The number of nitrogens with zero attached hydrogens (tertiary/aromatic N) is 5. The van der Waals surface area contributed by atoms with Crippen LogP contribution in [0, 0.1) is 18.7 Å². The van der Waals surface area contributed by atoms with Crippen LogP contribution >= 0.6 is 11.6 Å². The number of nitrogens with two attached hydrogens (primary N) is 1. The van der Waals surface area contributed by atoms with Crippen molar-refractivity contribution in [2.45, 2.75) is 19.8 Å². The fraction of sp³-hybridized carbons (Fsp3) is 0.367. The minimum Gasteiger partial charge on any atom is -0.396 e. The lowest BCUT2D eigenvalue weighted by Gasteiger charge is -2.35. The van der Waals surface area contributed by atoms with Crippen molar-refractivity contribution in [3.8, 4) is 0 Å². The topological polar surface area (TPSA) is 134 Å². The van der Waals surface area contributed by atoms with Crippen LogP contribution < -0.4 is 37.2 Å². The standard InChI is InChI=1S/C30H36ClFN10O2/c1-18-26(31)21(17-22(33)27(18)32)30(44)35-23-16-20(5-6-24(23)40-14-12-39(2)13-15-40)42-25-4-3-11-41(28(25)36-38-42)37-29(43)19-7-9-34-10-8-19/h3-6,11,16-17,19,34,38H,7-10,12-15,33H2,1-2H3,(H,35,44)(H,37,43). The highest BCUT2D eigenvalue weighted by atomic mass is 35.5. The van der Waals surface area contributed by atoms with Crippen LogP contribution in [0.5, 0.6) is 0 Å². The van der Waals surface area contributed by atoms with Crippen LogP contribution in [0.15, 0.2) is 53.4 Å². The van der Waals surface area contributed by atoms with Gasteiger partial charge in [-0.05, 0) is 76.3 Å². The normalized spacial score (nSPS) is 18.9. The predicted octanol–water partition coefficient (Wildman–Crippen LogP) is 2.76. The van der Waals surface area contributed by atoms with Gasteiger partial charge in [0.25, 0.3) is 5.91 Å². The minimum absolute atomic E-state index is 0.0107. The molecular formula is C30H36ClFN10O2. The van der Waals surface area contributed by atoms with Gasteiger partial charge in [-0.1, -0.05) is 11.6 Å². The van der Waals surface area contributed by atoms with Crippen molar-refractivity contribution in [1.29, 1.82) is 0 Å². The zero-order valence-electron chi connectivity index (χ0n) is 24.7. The number of hydrazone groups is 1. The number of carbonyl (C=O) groups excluding carboxylic acids is 2. The largest absolute Gasteiger partial charge is 0.396 e. The van der Waals surface area contributed by atoms with Gasteiger partial charge in [-0.3, -0.25) is 15.0 Å². The van der Waals surface area contributed by atoms with E-state index in [2.05, 4.69) is 43.5 Å². The lowest BCUT2D eigenvalue weighted by Crippen LogP contribution is -2.48. The zero-order chi connectivity index (χ0) is 31.0. The maximum absolute atomic E-state index is 14.3. The van der Waals surface area contributed by atoms with E-state index < -0.39 is 11.7 Å². The molecule has 0 atom stereocenters. The zero-order valence-corrected chi connectivity index (χ0v) is 25.4. The number of piperazine rings is 1. The Kier molecular flexibility index (Phi) is 8.34. The Bertz CT molecular complexity index is 1560. The van der Waals surface area contributed by atoms with Crippen molar-refractivity contribution in [1.82, 2.24) is 26.2 Å². The van der Waals surface area contributed by atoms with Crippen LogP contribution in [0.4, 0.5) is 27.1 Å². The number of fused-ring (bicyclic) bond motifs is 1. The second kappa shape index (κ2) is 12.3. The highest BCUT2D eigenvalue weighted by Gasteiger charge is 2.32. The summed E-state index contributed by atoms with van der Waals surface area (Å²) in [5.41, 5.74) is 14.7. The van der Waals surface area contributed by atoms with Crippen molar-refractivity contribution in [3.63, 3.8) is 0 Å². The fourth-order valence-corrected chi connectivity index (χ4v) is 5.97. The number of likely N-dealkylation sites (N-methyl/N-ethyl adjacent to an activating group) is 1. The maximum Gasteiger partial charge on any atom is 0.257 e. The molecule has 0 saturated carbocycles. The summed E-state index contributed by atoms with van der Waals surface area (Å²) in [4.78, 5) is 31.0. The summed E-state index contributed by atoms with van der Waals surface area (Å²) in [5, 5.41) is 14.2. The number of hydrogen-bond acceptors (Lipinski definition) is 10. The van der Waals surface area contributed by atoms with Gasteiger partial charge < -0.3 is 26.2 Å². The molecule has 44 heavy (non-hydrogen) atoms. The number of allylic oxidation sites excluding steroid dienone is 2. The Labute approximate surface area is 260 Å². The Balaban J connectivity index is 1.27. The first-order valence-electron chi connectivity index (χ1n) is 14.7. The first-order valence-corrected chi connectivity index (χ1v) is 15.0. The number of nitrogen functional groups attached to an aromatic ring is 1. The molecule has 0 aliphatic carbocycles. The number of hydrogen-bond donors (Lipinski definition) is 5. The lowest BCUT2D eigenvalue weighted by molar-refractivity contribution is -0.128. The van der Waals surface area contributed by atoms with Gasteiger partial charge in [-0.15, -0.1) is 5.10 Å². The third kappa shape index (κ3) is 5.77. The van der Waals surface area contributed by atoms with Crippen molar-refractivity contribution in [2.75, 3.05) is 67.3 Å². The Morgan fingerprint density at radius 3 is 2.64 bits per heavy atom. The Morgan fingerprint density at radius 1 is 1.14 bits per heavy atom. The molecule has 6 N–H and O–H groups in total. The second-order valence-electron chi connectivity index (χ2n) is 11.3. The maximum atomic E-state index is 14.3. The molecule has 0 bridgehead atoms. The Morgan fingerprint density at radius 2 is 1.89 bits per heavy atom. The molecule has 4 aliphatic rings. The minimum atomic E-state index is -0.640. The molecule has 4 heterocycles. The van der Waals surface area contributed by atoms with Crippen LogP contribution in [0.2, 0.25) is 5.02 Å². The van der Waals surface area contributed by atoms with E-state index in [1.165, 1.54) is 13.0 Å². The molecule has 2 amide bonds. The number of benzene rings is 2. The molecule has 2 aromatic carbocycles. The van der Waals surface area contributed by atoms with E-state index in [1.54, 1.807) is 16.2 Å². The van der Waals surface area contributed by atoms with Crippen LogP contribution in [0.25, 0.3) is 0 Å². The molecule has 0 spiro atoms. The van der Waals surface area contributed by atoms with Gasteiger partial charge in [0.2, 0.25) is 5.91 Å². The van der Waals surface area contributed by atoms with Gasteiger partial charge in [-0.25, -0.2) is 19.9 Å². The summed E-state index contributed by atoms with van der Waals surface area (Å²) in [5.74, 6) is -0.719. The van der Waals surface area contributed by atoms with Crippen LogP contribution in [0.3, 0.4) is 0 Å². The predicted molar refractivity (Wildman–Crippen MR) is 171 cm³/mol. The Hall–Kier alpha value is -4.33. The fourth-order valence-electron chi connectivity index (χ4n) is 5.75. The first kappa shape index (κ1) is 29.7. The number of piperidine rings is 1. The second-order valence-corrected chi connectivity index (χ2v) is 11.7. The van der Waals surface area contributed by atoms with Gasteiger partial charge >= 0.3 is 0 Å². The third-order valence-electron chi connectivity index (χ3n) is 8.41. The van der Waals surface area contributed by atoms with E-state index in [0.717, 1.165) is 57.8 Å². The van der Waals surface area contributed by atoms with Crippen molar-refractivity contribution >= 4 is 52.0 Å². The molecule has 2 saturated heterocycles. The number of carbonyl (C=O) groups is 2. The number of halogens is 2. The molecule has 4 aliphatic heterocycles. The summed E-state index contributed by atoms with van der Waals surface area (Å²) in [6.07, 6.45) is 7.05. The summed E-state index contributed by atoms with van der Waals surface area (Å²) < 4.78 is 14.3. The molecule has 0 aromatic heterocycles. The smallest absolute Gasteiger partial charge is 0.257 e. The average molecular weight is 623 g/mol. The van der Waals surface area contributed by atoms with Crippen LogP contribution in [0.1, 0.15) is 28.8 Å². The molecule has 2 fully saturated rings. The van der Waals surface area contributed by atoms with Crippen molar-refractivity contribution in [3.05, 3.63) is 70.3 Å². The van der Waals surface area contributed by atoms with Crippen molar-refractivity contribution < 1.29 is 14.0 Å². The van der Waals surface area contributed by atoms with E-state index in [0.29, 0.717) is 22.9 Å². The SMILES string of the molecule is Cc1c(F)c(N)cc(C(=O)Nc2cc(N3NN=C4C3=CC=CN4NC(=O)C3CCNCC3)ccc2N2CCN(C)CC2)c1Cl. The first-order chi connectivity index (χ1) is 21.2. The van der Waals surface area contributed by atoms with Crippen molar-refractivity contribution in [2.24, 2.45) is 11.0 Å². The van der Waals surface area contributed by atoms with E-state index in [9.17, 15) is 14.0 Å². The van der Waals surface area contributed by atoms with E-state index in [-0.39, 0.29) is 33.7 Å².